The van der Waals surface area contributed by atoms with Gasteiger partial charge in [0.2, 0.25) is 0 Å². The average molecular weight is 158 g/mol. The van der Waals surface area contributed by atoms with Gasteiger partial charge < -0.3 is 10.2 Å². The van der Waals surface area contributed by atoms with Crippen molar-refractivity contribution >= 4 is 0 Å². The Kier molecular flexibility index (Phi) is 2.90. The zero-order valence-electron chi connectivity index (χ0n) is 7.21. The third-order valence-corrected chi connectivity index (χ3v) is 2.55. The second kappa shape index (κ2) is 3.55. The van der Waals surface area contributed by atoms with Crippen molar-refractivity contribution in [1.29, 1.82) is 0 Å². The summed E-state index contributed by atoms with van der Waals surface area (Å²) < 4.78 is 0. The average Bonchev–Trinajstić information content (AvgIpc) is 1.83. The van der Waals surface area contributed by atoms with Crippen LogP contribution >= 0.6 is 0 Å². The van der Waals surface area contributed by atoms with Crippen LogP contribution in [-0.2, 0) is 0 Å². The van der Waals surface area contributed by atoms with Crippen LogP contribution in [0.5, 0.6) is 0 Å². The van der Waals surface area contributed by atoms with E-state index in [0.717, 1.165) is 32.1 Å². The highest BCUT2D eigenvalue weighted by Crippen LogP contribution is 2.35. The minimum atomic E-state index is -0.352. The lowest BCUT2D eigenvalue weighted by Gasteiger charge is -2.36. The molecule has 11 heavy (non-hydrogen) atoms. The molecule has 0 saturated heterocycles. The number of rotatable bonds is 4. The van der Waals surface area contributed by atoms with Crippen molar-refractivity contribution in [3.8, 4) is 0 Å². The summed E-state index contributed by atoms with van der Waals surface area (Å²) in [5, 5.41) is 18.6. The van der Waals surface area contributed by atoms with Gasteiger partial charge in [-0.15, -0.1) is 0 Å². The highest BCUT2D eigenvalue weighted by Gasteiger charge is 2.33. The summed E-state index contributed by atoms with van der Waals surface area (Å²) in [7, 11) is 0. The Morgan fingerprint density at radius 3 is 2.45 bits per heavy atom. The third kappa shape index (κ3) is 2.80. The Labute approximate surface area is 68.2 Å². The summed E-state index contributed by atoms with van der Waals surface area (Å²) in [6, 6.07) is 0. The van der Waals surface area contributed by atoms with Crippen LogP contribution in [0, 0.1) is 0 Å². The maximum Gasteiger partial charge on any atom is 0.0647 e. The molecule has 1 aliphatic carbocycles. The quantitative estimate of drug-likeness (QED) is 0.650. The van der Waals surface area contributed by atoms with Crippen LogP contribution in [0.2, 0.25) is 0 Å². The van der Waals surface area contributed by atoms with E-state index in [1.54, 1.807) is 6.92 Å². The Morgan fingerprint density at radius 2 is 2.09 bits per heavy atom. The molecule has 0 bridgehead atoms. The molecule has 0 aromatic heterocycles. The molecule has 2 nitrogen and oxygen atoms in total. The van der Waals surface area contributed by atoms with E-state index in [4.69, 9.17) is 5.11 Å². The second-order valence-corrected chi connectivity index (χ2v) is 3.82. The molecule has 0 amide bonds. The van der Waals surface area contributed by atoms with Crippen LogP contribution in [0.4, 0.5) is 0 Å². The molecular weight excluding hydrogens is 140 g/mol. The van der Waals surface area contributed by atoms with Gasteiger partial charge in [-0.05, 0) is 45.4 Å². The van der Waals surface area contributed by atoms with E-state index in [0.29, 0.717) is 0 Å². The lowest BCUT2D eigenvalue weighted by molar-refractivity contribution is -0.0434. The van der Waals surface area contributed by atoms with E-state index in [1.807, 2.05) is 0 Å². The minimum absolute atomic E-state index is 0.210. The minimum Gasteiger partial charge on any atom is -0.393 e. The van der Waals surface area contributed by atoms with E-state index in [9.17, 15) is 5.11 Å². The van der Waals surface area contributed by atoms with Crippen molar-refractivity contribution in [3.05, 3.63) is 0 Å². The van der Waals surface area contributed by atoms with E-state index in [-0.39, 0.29) is 11.7 Å². The van der Waals surface area contributed by atoms with Gasteiger partial charge in [-0.1, -0.05) is 0 Å². The normalized spacial score (nSPS) is 24.3. The Hall–Kier alpha value is -0.0800. The smallest absolute Gasteiger partial charge is 0.0647 e. The Bertz CT molecular complexity index is 117. The van der Waals surface area contributed by atoms with Gasteiger partial charge in [-0.3, -0.25) is 0 Å². The molecule has 66 valence electrons. The highest BCUT2D eigenvalue weighted by molar-refractivity contribution is 4.87. The van der Waals surface area contributed by atoms with Crippen LogP contribution in [0.15, 0.2) is 0 Å². The summed E-state index contributed by atoms with van der Waals surface area (Å²) in [5.41, 5.74) is -0.352. The number of aliphatic hydroxyl groups is 2. The van der Waals surface area contributed by atoms with Gasteiger partial charge in [0.05, 0.1) is 11.7 Å². The van der Waals surface area contributed by atoms with Gasteiger partial charge >= 0.3 is 0 Å². The van der Waals surface area contributed by atoms with Gasteiger partial charge in [0, 0.05) is 0 Å². The monoisotopic (exact) mass is 158 g/mol. The number of hydrogen-bond donors (Lipinski definition) is 2. The molecule has 1 atom stereocenters. The van der Waals surface area contributed by atoms with Crippen LogP contribution in [-0.4, -0.2) is 21.9 Å². The molecule has 1 rings (SSSR count). The standard InChI is InChI=1S/C9H18O2/c1-8(10)4-2-5-9(11)6-3-7-9/h8,10-11H,2-7H2,1H3. The highest BCUT2D eigenvalue weighted by atomic mass is 16.3. The summed E-state index contributed by atoms with van der Waals surface area (Å²) in [6.07, 6.45) is 5.54. The molecule has 0 spiro atoms. The van der Waals surface area contributed by atoms with E-state index < -0.39 is 0 Å². The maximum atomic E-state index is 9.64. The van der Waals surface area contributed by atoms with Gasteiger partial charge in [-0.25, -0.2) is 0 Å². The second-order valence-electron chi connectivity index (χ2n) is 3.82. The van der Waals surface area contributed by atoms with E-state index in [1.165, 1.54) is 6.42 Å². The molecule has 1 unspecified atom stereocenters. The zero-order chi connectivity index (χ0) is 8.32. The molecule has 0 heterocycles. The Morgan fingerprint density at radius 1 is 1.45 bits per heavy atom. The van der Waals surface area contributed by atoms with Crippen LogP contribution in [0.1, 0.15) is 45.4 Å². The summed E-state index contributed by atoms with van der Waals surface area (Å²) in [5.74, 6) is 0. The predicted molar refractivity (Wildman–Crippen MR) is 44.3 cm³/mol. The van der Waals surface area contributed by atoms with Gasteiger partial charge in [-0.2, -0.15) is 0 Å². The predicted octanol–water partition coefficient (Wildman–Crippen LogP) is 1.45. The zero-order valence-corrected chi connectivity index (χ0v) is 7.21. The molecular formula is C9H18O2. The third-order valence-electron chi connectivity index (χ3n) is 2.55. The van der Waals surface area contributed by atoms with Crippen molar-refractivity contribution in [1.82, 2.24) is 0 Å². The molecule has 0 radical (unpaired) electrons. The van der Waals surface area contributed by atoms with E-state index in [2.05, 4.69) is 0 Å². The fourth-order valence-corrected chi connectivity index (χ4v) is 1.56. The van der Waals surface area contributed by atoms with Crippen molar-refractivity contribution in [3.63, 3.8) is 0 Å². The fourth-order valence-electron chi connectivity index (χ4n) is 1.56. The lowest BCUT2D eigenvalue weighted by atomic mass is 9.77. The van der Waals surface area contributed by atoms with Crippen molar-refractivity contribution in [2.24, 2.45) is 0 Å². The van der Waals surface area contributed by atoms with Crippen LogP contribution < -0.4 is 0 Å². The summed E-state index contributed by atoms with van der Waals surface area (Å²) in [6.45, 7) is 1.80. The first kappa shape index (κ1) is 9.01. The molecule has 0 aromatic rings. The van der Waals surface area contributed by atoms with Crippen molar-refractivity contribution in [2.75, 3.05) is 0 Å². The maximum absolute atomic E-state index is 9.64. The van der Waals surface area contributed by atoms with Crippen molar-refractivity contribution in [2.45, 2.75) is 57.2 Å². The first-order chi connectivity index (χ1) is 5.12. The summed E-state index contributed by atoms with van der Waals surface area (Å²) in [4.78, 5) is 0. The molecule has 1 aliphatic rings. The van der Waals surface area contributed by atoms with Gasteiger partial charge in [0.15, 0.2) is 0 Å². The van der Waals surface area contributed by atoms with Gasteiger partial charge in [0.25, 0.3) is 0 Å². The lowest BCUT2D eigenvalue weighted by Crippen LogP contribution is -2.36. The molecule has 1 fully saturated rings. The largest absolute Gasteiger partial charge is 0.393 e. The molecule has 2 N–H and O–H groups in total. The Balaban J connectivity index is 2.02. The molecule has 0 aromatic carbocycles. The molecule has 1 saturated carbocycles. The first-order valence-electron chi connectivity index (χ1n) is 4.53. The van der Waals surface area contributed by atoms with E-state index >= 15 is 0 Å². The SMILES string of the molecule is CC(O)CCCC1(O)CCC1. The van der Waals surface area contributed by atoms with Gasteiger partial charge in [0.1, 0.15) is 0 Å². The van der Waals surface area contributed by atoms with Crippen molar-refractivity contribution < 1.29 is 10.2 Å². The fraction of sp³-hybridized carbons (Fsp3) is 1.00. The number of hydrogen-bond acceptors (Lipinski definition) is 2. The first-order valence-corrected chi connectivity index (χ1v) is 4.53. The molecule has 2 heteroatoms. The molecule has 0 aliphatic heterocycles. The number of aliphatic hydroxyl groups excluding tert-OH is 1. The summed E-state index contributed by atoms with van der Waals surface area (Å²) >= 11 is 0. The topological polar surface area (TPSA) is 40.5 Å². The van der Waals surface area contributed by atoms with Crippen LogP contribution in [0.3, 0.4) is 0 Å². The van der Waals surface area contributed by atoms with Crippen LogP contribution in [0.25, 0.3) is 0 Å².